The molecule has 1 aromatic rings. The molecule has 7 heteroatoms. The molecule has 1 fully saturated rings. The van der Waals surface area contributed by atoms with Gasteiger partial charge in [-0.1, -0.05) is 19.8 Å². The molecule has 132 valence electrons. The zero-order valence-corrected chi connectivity index (χ0v) is 15.2. The number of halogens is 1. The predicted octanol–water partition coefficient (Wildman–Crippen LogP) is 2.65. The number of hydrogen-bond donors (Lipinski definition) is 1. The van der Waals surface area contributed by atoms with Crippen molar-refractivity contribution in [3.05, 3.63) is 24.3 Å². The van der Waals surface area contributed by atoms with E-state index in [1.807, 2.05) is 0 Å². The maximum atomic E-state index is 12.6. The van der Waals surface area contributed by atoms with Crippen molar-refractivity contribution in [2.45, 2.75) is 37.5 Å². The van der Waals surface area contributed by atoms with Crippen LogP contribution in [0.5, 0.6) is 5.75 Å². The van der Waals surface area contributed by atoms with E-state index in [0.717, 1.165) is 31.4 Å². The zero-order valence-electron chi connectivity index (χ0n) is 13.6. The van der Waals surface area contributed by atoms with Gasteiger partial charge in [0.2, 0.25) is 10.0 Å². The molecule has 1 unspecified atom stereocenters. The first-order chi connectivity index (χ1) is 10.6. The lowest BCUT2D eigenvalue weighted by Crippen LogP contribution is -2.30. The molecule has 0 radical (unpaired) electrons. The predicted molar refractivity (Wildman–Crippen MR) is 94.6 cm³/mol. The van der Waals surface area contributed by atoms with E-state index < -0.39 is 10.0 Å². The normalized spacial score (nSPS) is 18.6. The van der Waals surface area contributed by atoms with Crippen molar-refractivity contribution in [1.29, 1.82) is 0 Å². The Morgan fingerprint density at radius 1 is 1.26 bits per heavy atom. The lowest BCUT2D eigenvalue weighted by atomic mass is 10.1. The summed E-state index contributed by atoms with van der Waals surface area (Å²) in [6, 6.07) is 6.71. The third-order valence-corrected chi connectivity index (χ3v) is 5.94. The number of ether oxygens (including phenoxy) is 1. The maximum Gasteiger partial charge on any atom is 0.243 e. The van der Waals surface area contributed by atoms with E-state index in [1.165, 1.54) is 4.31 Å². The van der Waals surface area contributed by atoms with Crippen molar-refractivity contribution >= 4 is 22.4 Å². The Hall–Kier alpha value is -0.820. The standard InChI is InChI=1S/C16H26N2O3S.ClH/c1-2-3-4-11-21-15-5-7-16(8-6-15)22(19,20)18-10-9-14(12-17)13-18;/h5-8,14H,2-4,9-13,17H2,1H3;1H. The molecule has 2 N–H and O–H groups in total. The van der Waals surface area contributed by atoms with Crippen LogP contribution in [0.1, 0.15) is 32.6 Å². The Labute approximate surface area is 145 Å². The summed E-state index contributed by atoms with van der Waals surface area (Å²) in [5.74, 6) is 0.993. The van der Waals surface area contributed by atoms with E-state index in [1.54, 1.807) is 24.3 Å². The summed E-state index contributed by atoms with van der Waals surface area (Å²) >= 11 is 0. The van der Waals surface area contributed by atoms with Gasteiger partial charge in [0.1, 0.15) is 5.75 Å². The van der Waals surface area contributed by atoms with Crippen LogP contribution in [0, 0.1) is 5.92 Å². The summed E-state index contributed by atoms with van der Waals surface area (Å²) in [4.78, 5) is 0.325. The number of rotatable bonds is 8. The summed E-state index contributed by atoms with van der Waals surface area (Å²) in [6.07, 6.45) is 4.16. The lowest BCUT2D eigenvalue weighted by molar-refractivity contribution is 0.306. The van der Waals surface area contributed by atoms with Gasteiger partial charge in [0, 0.05) is 13.1 Å². The van der Waals surface area contributed by atoms with Gasteiger partial charge in [-0.05, 0) is 49.6 Å². The molecule has 2 rings (SSSR count). The number of sulfonamides is 1. The SMILES string of the molecule is CCCCCOc1ccc(S(=O)(=O)N2CCC(CN)C2)cc1.Cl. The van der Waals surface area contributed by atoms with Crippen LogP contribution in [-0.2, 0) is 10.0 Å². The minimum Gasteiger partial charge on any atom is -0.494 e. The fourth-order valence-corrected chi connectivity index (χ4v) is 4.14. The van der Waals surface area contributed by atoms with Crippen molar-refractivity contribution in [2.24, 2.45) is 11.7 Å². The first-order valence-electron chi connectivity index (χ1n) is 8.01. The topological polar surface area (TPSA) is 72.6 Å². The second kappa shape index (κ2) is 9.47. The van der Waals surface area contributed by atoms with E-state index >= 15 is 0 Å². The summed E-state index contributed by atoms with van der Waals surface area (Å²) < 4.78 is 32.2. The van der Waals surface area contributed by atoms with Crippen LogP contribution < -0.4 is 10.5 Å². The number of benzene rings is 1. The quantitative estimate of drug-likeness (QED) is 0.721. The molecular formula is C16H27ClN2O3S. The lowest BCUT2D eigenvalue weighted by Gasteiger charge is -2.16. The average molecular weight is 363 g/mol. The molecule has 1 atom stereocenters. The van der Waals surface area contributed by atoms with E-state index in [4.69, 9.17) is 10.5 Å². The van der Waals surface area contributed by atoms with Crippen LogP contribution in [0.25, 0.3) is 0 Å². The minimum absolute atomic E-state index is 0. The highest BCUT2D eigenvalue weighted by Gasteiger charge is 2.31. The Kier molecular flexibility index (Phi) is 8.33. The third kappa shape index (κ3) is 5.35. The van der Waals surface area contributed by atoms with Gasteiger partial charge in [-0.3, -0.25) is 0 Å². The fraction of sp³-hybridized carbons (Fsp3) is 0.625. The van der Waals surface area contributed by atoms with Crippen LogP contribution in [0.2, 0.25) is 0 Å². The molecule has 23 heavy (non-hydrogen) atoms. The van der Waals surface area contributed by atoms with E-state index in [0.29, 0.717) is 31.1 Å². The van der Waals surface area contributed by atoms with Crippen LogP contribution in [-0.4, -0.2) is 39.0 Å². The van der Waals surface area contributed by atoms with Gasteiger partial charge < -0.3 is 10.5 Å². The van der Waals surface area contributed by atoms with Gasteiger partial charge in [-0.25, -0.2) is 8.42 Å². The second-order valence-corrected chi connectivity index (χ2v) is 7.72. The summed E-state index contributed by atoms with van der Waals surface area (Å²) in [5.41, 5.74) is 5.63. The molecule has 0 aromatic heterocycles. The fourth-order valence-electron chi connectivity index (χ4n) is 2.61. The minimum atomic E-state index is -3.41. The van der Waals surface area contributed by atoms with Gasteiger partial charge in [-0.2, -0.15) is 4.31 Å². The third-order valence-electron chi connectivity index (χ3n) is 4.06. The highest BCUT2D eigenvalue weighted by molar-refractivity contribution is 7.89. The van der Waals surface area contributed by atoms with Crippen LogP contribution >= 0.6 is 12.4 Å². The zero-order chi connectivity index (χ0) is 16.0. The molecule has 1 saturated heterocycles. The van der Waals surface area contributed by atoms with Crippen molar-refractivity contribution in [3.63, 3.8) is 0 Å². The van der Waals surface area contributed by atoms with Gasteiger partial charge in [0.05, 0.1) is 11.5 Å². The highest BCUT2D eigenvalue weighted by atomic mass is 35.5. The van der Waals surface area contributed by atoms with Gasteiger partial charge in [-0.15, -0.1) is 12.4 Å². The molecule has 5 nitrogen and oxygen atoms in total. The Balaban J connectivity index is 0.00000264. The van der Waals surface area contributed by atoms with Crippen molar-refractivity contribution in [3.8, 4) is 5.75 Å². The highest BCUT2D eigenvalue weighted by Crippen LogP contribution is 2.25. The molecule has 1 aliphatic rings. The van der Waals surface area contributed by atoms with Gasteiger partial charge in [0.25, 0.3) is 0 Å². The maximum absolute atomic E-state index is 12.6. The van der Waals surface area contributed by atoms with Crippen molar-refractivity contribution in [1.82, 2.24) is 4.31 Å². The molecule has 0 saturated carbocycles. The first-order valence-corrected chi connectivity index (χ1v) is 9.45. The average Bonchev–Trinajstić information content (AvgIpc) is 3.02. The van der Waals surface area contributed by atoms with Crippen LogP contribution in [0.4, 0.5) is 0 Å². The number of hydrogen-bond acceptors (Lipinski definition) is 4. The monoisotopic (exact) mass is 362 g/mol. The Morgan fingerprint density at radius 2 is 1.96 bits per heavy atom. The molecule has 1 aliphatic heterocycles. The molecule has 0 amide bonds. The Bertz CT molecular complexity index is 563. The van der Waals surface area contributed by atoms with E-state index in [-0.39, 0.29) is 18.3 Å². The van der Waals surface area contributed by atoms with Crippen LogP contribution in [0.3, 0.4) is 0 Å². The number of nitrogens with two attached hydrogens (primary N) is 1. The molecular weight excluding hydrogens is 336 g/mol. The molecule has 0 bridgehead atoms. The van der Waals surface area contributed by atoms with Gasteiger partial charge in [0.15, 0.2) is 0 Å². The van der Waals surface area contributed by atoms with E-state index in [9.17, 15) is 8.42 Å². The molecule has 1 aromatic carbocycles. The largest absolute Gasteiger partial charge is 0.494 e. The summed E-state index contributed by atoms with van der Waals surface area (Å²) in [7, 11) is -3.41. The second-order valence-electron chi connectivity index (χ2n) is 5.78. The van der Waals surface area contributed by atoms with Crippen molar-refractivity contribution < 1.29 is 13.2 Å². The summed E-state index contributed by atoms with van der Waals surface area (Å²) in [5, 5.41) is 0. The number of nitrogens with zero attached hydrogens (tertiary/aromatic N) is 1. The molecule has 1 heterocycles. The van der Waals surface area contributed by atoms with Gasteiger partial charge >= 0.3 is 0 Å². The number of unbranched alkanes of at least 4 members (excludes halogenated alkanes) is 2. The summed E-state index contributed by atoms with van der Waals surface area (Å²) in [6.45, 7) is 4.43. The van der Waals surface area contributed by atoms with Crippen molar-refractivity contribution in [2.75, 3.05) is 26.2 Å². The molecule has 0 spiro atoms. The first kappa shape index (κ1) is 20.2. The van der Waals surface area contributed by atoms with Crippen LogP contribution in [0.15, 0.2) is 29.2 Å². The smallest absolute Gasteiger partial charge is 0.243 e. The molecule has 0 aliphatic carbocycles. The Morgan fingerprint density at radius 3 is 2.52 bits per heavy atom. The van der Waals surface area contributed by atoms with E-state index in [2.05, 4.69) is 6.92 Å².